The Morgan fingerprint density at radius 1 is 1.38 bits per heavy atom. The Kier molecular flexibility index (Phi) is 4.04. The lowest BCUT2D eigenvalue weighted by Crippen LogP contribution is -2.51. The van der Waals surface area contributed by atoms with E-state index in [0.717, 1.165) is 9.13 Å². The van der Waals surface area contributed by atoms with Gasteiger partial charge in [-0.2, -0.15) is 0 Å². The summed E-state index contributed by atoms with van der Waals surface area (Å²) in [6.07, 6.45) is 0. The third kappa shape index (κ3) is 3.07. The number of nitrogens with zero attached hydrogens (tertiary/aromatic N) is 2. The predicted molar refractivity (Wildman–Crippen MR) is 74.0 cm³/mol. The van der Waals surface area contributed by atoms with Crippen LogP contribution in [0.2, 0.25) is 0 Å². The maximum absolute atomic E-state index is 12.3. The van der Waals surface area contributed by atoms with Crippen LogP contribution in [0, 0.1) is 6.92 Å². The minimum atomic E-state index is -3.17. The van der Waals surface area contributed by atoms with Gasteiger partial charge >= 0.3 is 11.7 Å². The monoisotopic (exact) mass is 316 g/mol. The van der Waals surface area contributed by atoms with Crippen LogP contribution in [-0.2, 0) is 25.9 Å². The summed E-state index contributed by atoms with van der Waals surface area (Å²) in [5.41, 5.74) is -0.915. The van der Waals surface area contributed by atoms with Crippen molar-refractivity contribution in [2.45, 2.75) is 26.4 Å². The van der Waals surface area contributed by atoms with Gasteiger partial charge in [-0.1, -0.05) is 0 Å². The number of carbonyl (C=O) groups excluding carboxylic acids is 1. The Morgan fingerprint density at radius 3 is 2.52 bits per heavy atom. The largest absolute Gasteiger partial charge is 0.465 e. The molecule has 0 N–H and O–H groups in total. The standard InChI is InChI=1S/C12H16N2O6S/c1-3-20-11(16)5-13-8(2)4-10(15)14(12(13)17)9-6-21(18,19)7-9/h4,9H,3,5-7H2,1-2H3. The minimum Gasteiger partial charge on any atom is -0.465 e. The van der Waals surface area contributed by atoms with Gasteiger partial charge < -0.3 is 4.74 Å². The molecule has 1 saturated heterocycles. The van der Waals surface area contributed by atoms with Crippen LogP contribution < -0.4 is 11.2 Å². The van der Waals surface area contributed by atoms with Crippen LogP contribution in [0.1, 0.15) is 18.7 Å². The van der Waals surface area contributed by atoms with E-state index in [1.54, 1.807) is 6.92 Å². The van der Waals surface area contributed by atoms with Crippen LogP contribution in [0.5, 0.6) is 0 Å². The van der Waals surface area contributed by atoms with Gasteiger partial charge in [-0.05, 0) is 13.8 Å². The molecule has 1 aromatic heterocycles. The third-order valence-corrected chi connectivity index (χ3v) is 5.07. The summed E-state index contributed by atoms with van der Waals surface area (Å²) in [6, 6.07) is 0.551. The summed E-state index contributed by atoms with van der Waals surface area (Å²) in [6.45, 7) is 3.06. The highest BCUT2D eigenvalue weighted by Gasteiger charge is 2.36. The van der Waals surface area contributed by atoms with Gasteiger partial charge in [-0.3, -0.25) is 18.7 Å². The molecule has 1 aromatic rings. The van der Waals surface area contributed by atoms with E-state index in [2.05, 4.69) is 0 Å². The van der Waals surface area contributed by atoms with Gasteiger partial charge in [0.1, 0.15) is 6.54 Å². The normalized spacial score (nSPS) is 17.2. The minimum absolute atomic E-state index is 0.188. The molecule has 0 bridgehead atoms. The van der Waals surface area contributed by atoms with Gasteiger partial charge in [0.05, 0.1) is 24.2 Å². The average Bonchev–Trinajstić information content (AvgIpc) is 2.32. The fraction of sp³-hybridized carbons (Fsp3) is 0.583. The van der Waals surface area contributed by atoms with Gasteiger partial charge in [0, 0.05) is 11.8 Å². The van der Waals surface area contributed by atoms with Gasteiger partial charge in [-0.25, -0.2) is 13.2 Å². The fourth-order valence-corrected chi connectivity index (χ4v) is 3.63. The quantitative estimate of drug-likeness (QED) is 0.650. The zero-order valence-corrected chi connectivity index (χ0v) is 12.6. The Bertz CT molecular complexity index is 777. The first-order chi connectivity index (χ1) is 9.75. The SMILES string of the molecule is CCOC(=O)Cn1c(C)cc(=O)n(C2CS(=O)(=O)C2)c1=O. The highest BCUT2D eigenvalue weighted by atomic mass is 32.2. The summed E-state index contributed by atoms with van der Waals surface area (Å²) < 4.78 is 29.2. The number of sulfone groups is 1. The molecule has 116 valence electrons. The fourth-order valence-electron chi connectivity index (χ4n) is 2.25. The maximum atomic E-state index is 12.3. The number of aryl methyl sites for hydroxylation is 1. The van der Waals surface area contributed by atoms with E-state index in [1.807, 2.05) is 0 Å². The van der Waals surface area contributed by atoms with Crippen molar-refractivity contribution in [3.63, 3.8) is 0 Å². The number of esters is 1. The summed E-state index contributed by atoms with van der Waals surface area (Å²) in [5, 5.41) is 0. The molecule has 1 fully saturated rings. The first-order valence-corrected chi connectivity index (χ1v) is 8.26. The molecule has 0 spiro atoms. The van der Waals surface area contributed by atoms with Gasteiger partial charge in [0.15, 0.2) is 9.84 Å². The third-order valence-electron chi connectivity index (χ3n) is 3.28. The smallest absolute Gasteiger partial charge is 0.332 e. The lowest BCUT2D eigenvalue weighted by Gasteiger charge is -2.27. The van der Waals surface area contributed by atoms with E-state index in [-0.39, 0.29) is 24.7 Å². The number of hydrogen-bond acceptors (Lipinski definition) is 6. The molecule has 0 atom stereocenters. The number of ether oxygens (including phenoxy) is 1. The van der Waals surface area contributed by atoms with Crippen LogP contribution in [0.4, 0.5) is 0 Å². The van der Waals surface area contributed by atoms with Crippen LogP contribution in [-0.4, -0.2) is 41.6 Å². The molecule has 0 radical (unpaired) electrons. The summed E-state index contributed by atoms with van der Waals surface area (Å²) in [5.74, 6) is -1.05. The molecular weight excluding hydrogens is 300 g/mol. The maximum Gasteiger partial charge on any atom is 0.332 e. The van der Waals surface area contributed by atoms with E-state index in [4.69, 9.17) is 4.74 Å². The van der Waals surface area contributed by atoms with E-state index in [0.29, 0.717) is 5.69 Å². The lowest BCUT2D eigenvalue weighted by atomic mass is 10.3. The Balaban J connectivity index is 2.42. The second-order valence-corrected chi connectivity index (χ2v) is 7.05. The van der Waals surface area contributed by atoms with Crippen molar-refractivity contribution in [1.82, 2.24) is 9.13 Å². The van der Waals surface area contributed by atoms with Gasteiger partial charge in [0.25, 0.3) is 5.56 Å². The topological polar surface area (TPSA) is 104 Å². The number of rotatable bonds is 4. The first kappa shape index (κ1) is 15.5. The molecule has 0 unspecified atom stereocenters. The molecule has 8 nitrogen and oxygen atoms in total. The molecule has 0 saturated carbocycles. The molecule has 0 aliphatic carbocycles. The second kappa shape index (κ2) is 5.47. The van der Waals surface area contributed by atoms with Crippen LogP contribution >= 0.6 is 0 Å². The van der Waals surface area contributed by atoms with E-state index in [1.165, 1.54) is 13.0 Å². The first-order valence-electron chi connectivity index (χ1n) is 6.44. The summed E-state index contributed by atoms with van der Waals surface area (Å²) >= 11 is 0. The summed E-state index contributed by atoms with van der Waals surface area (Å²) in [7, 11) is -3.17. The van der Waals surface area contributed by atoms with E-state index in [9.17, 15) is 22.8 Å². The lowest BCUT2D eigenvalue weighted by molar-refractivity contribution is -0.143. The van der Waals surface area contributed by atoms with Crippen molar-refractivity contribution in [3.05, 3.63) is 32.6 Å². The van der Waals surface area contributed by atoms with Crippen LogP contribution in [0.3, 0.4) is 0 Å². The molecule has 9 heteroatoms. The van der Waals surface area contributed by atoms with Crippen LogP contribution in [0.15, 0.2) is 15.7 Å². The molecule has 1 aliphatic heterocycles. The number of hydrogen-bond donors (Lipinski definition) is 0. The molecule has 0 aromatic carbocycles. The number of carbonyl (C=O) groups is 1. The number of aromatic nitrogens is 2. The summed E-state index contributed by atoms with van der Waals surface area (Å²) in [4.78, 5) is 35.7. The van der Waals surface area contributed by atoms with Gasteiger partial charge in [-0.15, -0.1) is 0 Å². The highest BCUT2D eigenvalue weighted by Crippen LogP contribution is 2.20. The molecule has 2 heterocycles. The molecule has 2 rings (SSSR count). The van der Waals surface area contributed by atoms with Crippen molar-refractivity contribution in [2.24, 2.45) is 0 Å². The van der Waals surface area contributed by atoms with Crippen molar-refractivity contribution in [3.8, 4) is 0 Å². The Morgan fingerprint density at radius 2 is 2.00 bits per heavy atom. The van der Waals surface area contributed by atoms with Crippen molar-refractivity contribution >= 4 is 15.8 Å². The Labute approximate surface area is 120 Å². The average molecular weight is 316 g/mol. The van der Waals surface area contributed by atoms with E-state index >= 15 is 0 Å². The highest BCUT2D eigenvalue weighted by molar-refractivity contribution is 7.92. The van der Waals surface area contributed by atoms with Crippen LogP contribution in [0.25, 0.3) is 0 Å². The van der Waals surface area contributed by atoms with Crippen molar-refractivity contribution < 1.29 is 17.9 Å². The Hall–Kier alpha value is -1.90. The van der Waals surface area contributed by atoms with Gasteiger partial charge in [0.2, 0.25) is 0 Å². The zero-order chi connectivity index (χ0) is 15.8. The predicted octanol–water partition coefficient (Wildman–Crippen LogP) is -1.15. The molecule has 1 aliphatic rings. The molecule has 0 amide bonds. The molecule has 21 heavy (non-hydrogen) atoms. The zero-order valence-electron chi connectivity index (χ0n) is 11.7. The van der Waals surface area contributed by atoms with Crippen molar-refractivity contribution in [1.29, 1.82) is 0 Å². The van der Waals surface area contributed by atoms with Crippen molar-refractivity contribution in [2.75, 3.05) is 18.1 Å². The molecular formula is C12H16N2O6S. The van der Waals surface area contributed by atoms with E-state index < -0.39 is 33.1 Å². The second-order valence-electron chi connectivity index (χ2n) is 4.90.